The molecule has 0 atom stereocenters. The Bertz CT molecular complexity index is 1260. The number of rotatable bonds is 4. The average molecular weight is 422 g/mol. The number of nitrogens with zero attached hydrogens (tertiary/aromatic N) is 3. The van der Waals surface area contributed by atoms with E-state index in [1.165, 1.54) is 16.7 Å². The minimum atomic E-state index is 0.0331. The zero-order valence-electron chi connectivity index (χ0n) is 17.9. The summed E-state index contributed by atoms with van der Waals surface area (Å²) in [6.45, 7) is 3.37. The van der Waals surface area contributed by atoms with Gasteiger partial charge in [-0.05, 0) is 60.9 Å². The van der Waals surface area contributed by atoms with E-state index in [9.17, 15) is 4.79 Å². The molecule has 5 heteroatoms. The van der Waals surface area contributed by atoms with Crippen LogP contribution >= 0.6 is 0 Å². The molecule has 1 aliphatic rings. The molecule has 158 valence electrons. The van der Waals surface area contributed by atoms with Crippen molar-refractivity contribution in [1.29, 1.82) is 0 Å². The van der Waals surface area contributed by atoms with Crippen LogP contribution in [0.25, 0.3) is 28.5 Å². The Kier molecular flexibility index (Phi) is 5.38. The molecule has 1 aliphatic heterocycles. The lowest BCUT2D eigenvalue weighted by Crippen LogP contribution is -2.34. The second kappa shape index (κ2) is 8.63. The van der Waals surface area contributed by atoms with Gasteiger partial charge in [-0.25, -0.2) is 0 Å². The summed E-state index contributed by atoms with van der Waals surface area (Å²) in [6, 6.07) is 25.6. The van der Waals surface area contributed by atoms with Gasteiger partial charge in [-0.3, -0.25) is 4.79 Å². The van der Waals surface area contributed by atoms with Crippen LogP contribution in [0.3, 0.4) is 0 Å². The van der Waals surface area contributed by atoms with Crippen LogP contribution in [-0.2, 0) is 0 Å². The summed E-state index contributed by atoms with van der Waals surface area (Å²) in [7, 11) is 0. The Morgan fingerprint density at radius 3 is 2.03 bits per heavy atom. The van der Waals surface area contributed by atoms with Crippen LogP contribution in [0.1, 0.15) is 27.9 Å². The van der Waals surface area contributed by atoms with Gasteiger partial charge >= 0.3 is 0 Å². The van der Waals surface area contributed by atoms with Gasteiger partial charge in [0.15, 0.2) is 0 Å². The lowest BCUT2D eigenvalue weighted by atomic mass is 9.99. The Morgan fingerprint density at radius 2 is 1.44 bits per heavy atom. The van der Waals surface area contributed by atoms with Crippen molar-refractivity contribution in [3.63, 3.8) is 0 Å². The number of carbonyl (C=O) groups is 1. The van der Waals surface area contributed by atoms with Gasteiger partial charge in [0.1, 0.15) is 0 Å². The lowest BCUT2D eigenvalue weighted by molar-refractivity contribution is 0.0773. The third kappa shape index (κ3) is 4.10. The van der Waals surface area contributed by atoms with Crippen molar-refractivity contribution in [2.24, 2.45) is 0 Å². The molecule has 5 rings (SSSR count). The van der Waals surface area contributed by atoms with Crippen molar-refractivity contribution in [2.75, 3.05) is 13.1 Å². The summed E-state index contributed by atoms with van der Waals surface area (Å²) in [6.07, 6.45) is 3.01. The highest BCUT2D eigenvalue weighted by Gasteiger charge is 2.20. The normalized spacial score (nSPS) is 13.7. The first-order chi connectivity index (χ1) is 15.7. The number of hydrogen-bond acceptors (Lipinski definition) is 4. The van der Waals surface area contributed by atoms with Crippen LogP contribution in [0, 0.1) is 6.92 Å². The zero-order chi connectivity index (χ0) is 21.9. The van der Waals surface area contributed by atoms with E-state index in [0.29, 0.717) is 30.4 Å². The van der Waals surface area contributed by atoms with Crippen LogP contribution in [0.4, 0.5) is 0 Å². The molecule has 0 unspecified atom stereocenters. The molecule has 0 N–H and O–H groups in total. The van der Waals surface area contributed by atoms with Crippen molar-refractivity contribution in [3.8, 4) is 22.9 Å². The van der Waals surface area contributed by atoms with Crippen LogP contribution in [-0.4, -0.2) is 34.1 Å². The number of amides is 1. The number of carbonyl (C=O) groups excluding carboxylic acids is 1. The third-order valence-electron chi connectivity index (χ3n) is 5.74. The second-order valence-electron chi connectivity index (χ2n) is 7.95. The summed E-state index contributed by atoms with van der Waals surface area (Å²) in [5, 5.41) is 8.32. The van der Waals surface area contributed by atoms with E-state index < -0.39 is 0 Å². The van der Waals surface area contributed by atoms with Crippen molar-refractivity contribution >= 4 is 11.5 Å². The Labute approximate surface area is 187 Å². The van der Waals surface area contributed by atoms with Gasteiger partial charge in [0.05, 0.1) is 0 Å². The highest BCUT2D eigenvalue weighted by atomic mass is 16.4. The Morgan fingerprint density at radius 1 is 0.812 bits per heavy atom. The van der Waals surface area contributed by atoms with Crippen LogP contribution in [0.15, 0.2) is 89.4 Å². The van der Waals surface area contributed by atoms with E-state index in [0.717, 1.165) is 17.5 Å². The highest BCUT2D eigenvalue weighted by molar-refractivity contribution is 5.95. The number of benzene rings is 3. The minimum Gasteiger partial charge on any atom is -0.416 e. The summed E-state index contributed by atoms with van der Waals surface area (Å²) in [5.74, 6) is 0.952. The summed E-state index contributed by atoms with van der Waals surface area (Å²) in [5.41, 5.74) is 6.03. The molecule has 0 radical (unpaired) electrons. The first-order valence-corrected chi connectivity index (χ1v) is 10.7. The molecule has 0 saturated heterocycles. The Hall–Kier alpha value is -3.99. The molecule has 2 heterocycles. The summed E-state index contributed by atoms with van der Waals surface area (Å²) >= 11 is 0. The molecule has 0 saturated carbocycles. The van der Waals surface area contributed by atoms with Gasteiger partial charge in [0.25, 0.3) is 5.91 Å². The van der Waals surface area contributed by atoms with E-state index in [-0.39, 0.29) is 5.91 Å². The zero-order valence-corrected chi connectivity index (χ0v) is 17.9. The fourth-order valence-corrected chi connectivity index (χ4v) is 3.86. The van der Waals surface area contributed by atoms with Crippen molar-refractivity contribution in [1.82, 2.24) is 15.1 Å². The summed E-state index contributed by atoms with van der Waals surface area (Å²) in [4.78, 5) is 14.8. The molecule has 1 aromatic heterocycles. The largest absolute Gasteiger partial charge is 0.416 e. The first-order valence-electron chi connectivity index (χ1n) is 10.7. The Balaban J connectivity index is 1.27. The van der Waals surface area contributed by atoms with E-state index in [2.05, 4.69) is 28.4 Å². The standard InChI is InChI=1S/C27H23N3O2/c1-19-7-9-22(10-8-19)25-28-29-26(32-25)23-11-13-24(14-12-23)27(31)30-17-15-21(16-18-30)20-5-3-2-4-6-20/h2-15H,16-18H2,1H3. The van der Waals surface area contributed by atoms with Gasteiger partial charge in [-0.1, -0.05) is 54.1 Å². The van der Waals surface area contributed by atoms with Gasteiger partial charge in [0, 0.05) is 29.8 Å². The maximum absolute atomic E-state index is 13.0. The maximum atomic E-state index is 13.0. The quantitative estimate of drug-likeness (QED) is 0.428. The monoisotopic (exact) mass is 421 g/mol. The van der Waals surface area contributed by atoms with Gasteiger partial charge in [-0.2, -0.15) is 0 Å². The maximum Gasteiger partial charge on any atom is 0.254 e. The SMILES string of the molecule is Cc1ccc(-c2nnc(-c3ccc(C(=O)N4CC=C(c5ccccc5)CC4)cc3)o2)cc1. The molecule has 0 spiro atoms. The number of aryl methyl sites for hydroxylation is 1. The lowest BCUT2D eigenvalue weighted by Gasteiger charge is -2.26. The molecule has 1 amide bonds. The summed E-state index contributed by atoms with van der Waals surface area (Å²) < 4.78 is 5.84. The van der Waals surface area contributed by atoms with Crippen LogP contribution in [0.2, 0.25) is 0 Å². The molecule has 3 aromatic carbocycles. The molecule has 32 heavy (non-hydrogen) atoms. The van der Waals surface area contributed by atoms with E-state index >= 15 is 0 Å². The molecular weight excluding hydrogens is 398 g/mol. The predicted molar refractivity (Wildman–Crippen MR) is 125 cm³/mol. The topological polar surface area (TPSA) is 59.2 Å². The van der Waals surface area contributed by atoms with Crippen molar-refractivity contribution < 1.29 is 9.21 Å². The van der Waals surface area contributed by atoms with Gasteiger partial charge in [0.2, 0.25) is 11.8 Å². The number of hydrogen-bond donors (Lipinski definition) is 0. The number of aromatic nitrogens is 2. The van der Waals surface area contributed by atoms with E-state index in [1.807, 2.05) is 78.6 Å². The molecule has 4 aromatic rings. The third-order valence-corrected chi connectivity index (χ3v) is 5.74. The highest BCUT2D eigenvalue weighted by Crippen LogP contribution is 2.26. The van der Waals surface area contributed by atoms with Crippen LogP contribution < -0.4 is 0 Å². The average Bonchev–Trinajstić information content (AvgIpc) is 3.35. The predicted octanol–water partition coefficient (Wildman–Crippen LogP) is 5.64. The molecule has 0 aliphatic carbocycles. The van der Waals surface area contributed by atoms with Gasteiger partial charge in [-0.15, -0.1) is 10.2 Å². The fourth-order valence-electron chi connectivity index (χ4n) is 3.86. The van der Waals surface area contributed by atoms with E-state index in [1.54, 1.807) is 0 Å². The van der Waals surface area contributed by atoms with Gasteiger partial charge < -0.3 is 9.32 Å². The van der Waals surface area contributed by atoms with Crippen molar-refractivity contribution in [2.45, 2.75) is 13.3 Å². The van der Waals surface area contributed by atoms with Crippen LogP contribution in [0.5, 0.6) is 0 Å². The second-order valence-corrected chi connectivity index (χ2v) is 7.95. The van der Waals surface area contributed by atoms with Crippen molar-refractivity contribution in [3.05, 3.63) is 102 Å². The van der Waals surface area contributed by atoms with E-state index in [4.69, 9.17) is 4.42 Å². The molecular formula is C27H23N3O2. The molecule has 5 nitrogen and oxygen atoms in total. The fraction of sp³-hybridized carbons (Fsp3) is 0.148. The molecule has 0 fully saturated rings. The smallest absolute Gasteiger partial charge is 0.254 e. The first kappa shape index (κ1) is 19.9. The minimum absolute atomic E-state index is 0.0331. The molecule has 0 bridgehead atoms.